The first kappa shape index (κ1) is 9.45. The van der Waals surface area contributed by atoms with Crippen molar-refractivity contribution in [3.05, 3.63) is 0 Å². The third kappa shape index (κ3) is 1.05. The van der Waals surface area contributed by atoms with E-state index in [2.05, 4.69) is 12.1 Å². The molecule has 6 atom stereocenters. The Morgan fingerprint density at radius 2 is 1.21 bits per heavy atom. The van der Waals surface area contributed by atoms with Gasteiger partial charge in [0.1, 0.15) is 0 Å². The van der Waals surface area contributed by atoms with Gasteiger partial charge in [0.25, 0.3) is 0 Å². The predicted octanol–water partition coefficient (Wildman–Crippen LogP) is 0.0276. The topological polar surface area (TPSA) is 88.0 Å². The molecule has 0 saturated heterocycles. The zero-order chi connectivity index (χ0) is 10.3. The molecule has 14 heavy (non-hydrogen) atoms. The van der Waals surface area contributed by atoms with Crippen molar-refractivity contribution in [2.75, 3.05) is 0 Å². The van der Waals surface area contributed by atoms with E-state index in [1.807, 2.05) is 0 Å². The van der Waals surface area contributed by atoms with E-state index in [0.717, 1.165) is 12.8 Å². The van der Waals surface area contributed by atoms with E-state index >= 15 is 0 Å². The molecule has 0 heterocycles. The van der Waals surface area contributed by atoms with Crippen LogP contribution in [0.15, 0.2) is 0 Å². The van der Waals surface area contributed by atoms with Gasteiger partial charge >= 0.3 is 0 Å². The Labute approximate surface area is 82.4 Å². The van der Waals surface area contributed by atoms with Crippen LogP contribution in [-0.4, -0.2) is 22.4 Å². The van der Waals surface area contributed by atoms with Crippen LogP contribution in [0.3, 0.4) is 0 Å². The average molecular weight is 192 g/mol. The van der Waals surface area contributed by atoms with Gasteiger partial charge in [-0.05, 0) is 12.8 Å². The van der Waals surface area contributed by atoms with Crippen molar-refractivity contribution < 1.29 is 10.2 Å². The number of hydrogen-bond donors (Lipinski definition) is 2. The molecular weight excluding hydrogens is 180 g/mol. The quantitative estimate of drug-likeness (QED) is 0.566. The molecule has 0 spiro atoms. The van der Waals surface area contributed by atoms with Gasteiger partial charge in [0.05, 0.1) is 36.2 Å². The van der Waals surface area contributed by atoms with E-state index in [4.69, 9.17) is 10.5 Å². The Bertz CT molecular complexity index is 285. The third-order valence-electron chi connectivity index (χ3n) is 3.67. The van der Waals surface area contributed by atoms with Gasteiger partial charge in [0, 0.05) is 11.8 Å². The number of hydrogen-bond acceptors (Lipinski definition) is 4. The molecule has 4 heteroatoms. The summed E-state index contributed by atoms with van der Waals surface area (Å²) in [5, 5.41) is 37.2. The van der Waals surface area contributed by atoms with Gasteiger partial charge in [-0.25, -0.2) is 0 Å². The van der Waals surface area contributed by atoms with Crippen LogP contribution in [0.5, 0.6) is 0 Å². The fraction of sp³-hybridized carbons (Fsp3) is 0.800. The molecule has 3 saturated carbocycles. The molecule has 2 bridgehead atoms. The summed E-state index contributed by atoms with van der Waals surface area (Å²) < 4.78 is 0. The molecule has 4 nitrogen and oxygen atoms in total. The van der Waals surface area contributed by atoms with Gasteiger partial charge in [-0.15, -0.1) is 0 Å². The van der Waals surface area contributed by atoms with Gasteiger partial charge in [0.2, 0.25) is 0 Å². The van der Waals surface area contributed by atoms with Crippen LogP contribution in [0.25, 0.3) is 0 Å². The predicted molar refractivity (Wildman–Crippen MR) is 46.4 cm³/mol. The van der Waals surface area contributed by atoms with E-state index in [-0.39, 0.29) is 11.8 Å². The van der Waals surface area contributed by atoms with Crippen molar-refractivity contribution in [3.8, 4) is 12.1 Å². The molecule has 0 radical (unpaired) electrons. The zero-order valence-corrected chi connectivity index (χ0v) is 7.67. The first-order valence-corrected chi connectivity index (χ1v) is 4.86. The second-order valence-electron chi connectivity index (χ2n) is 4.20. The number of aliphatic hydroxyl groups is 2. The van der Waals surface area contributed by atoms with Crippen LogP contribution in [0, 0.1) is 46.3 Å². The van der Waals surface area contributed by atoms with Gasteiger partial charge in [-0.3, -0.25) is 0 Å². The molecule has 0 aromatic carbocycles. The molecule has 0 aliphatic heterocycles. The van der Waals surface area contributed by atoms with Crippen molar-refractivity contribution in [3.63, 3.8) is 0 Å². The second-order valence-corrected chi connectivity index (χ2v) is 4.20. The SMILES string of the molecule is N#CC1C(C#N)C2CCC1C(O)C2O. The molecule has 0 aromatic rings. The Morgan fingerprint density at radius 1 is 0.857 bits per heavy atom. The minimum atomic E-state index is -0.817. The fourth-order valence-electron chi connectivity index (χ4n) is 2.90. The minimum Gasteiger partial charge on any atom is -0.390 e. The maximum atomic E-state index is 9.67. The van der Waals surface area contributed by atoms with Crippen molar-refractivity contribution in [1.29, 1.82) is 10.5 Å². The highest BCUT2D eigenvalue weighted by Crippen LogP contribution is 2.48. The van der Waals surface area contributed by atoms with E-state index in [1.54, 1.807) is 0 Å². The van der Waals surface area contributed by atoms with Crippen LogP contribution in [0.2, 0.25) is 0 Å². The molecule has 6 unspecified atom stereocenters. The van der Waals surface area contributed by atoms with Crippen LogP contribution < -0.4 is 0 Å². The van der Waals surface area contributed by atoms with E-state index in [1.165, 1.54) is 0 Å². The number of nitrogens with zero attached hydrogens (tertiary/aromatic N) is 2. The maximum Gasteiger partial charge on any atom is 0.0843 e. The highest BCUT2D eigenvalue weighted by atomic mass is 16.3. The van der Waals surface area contributed by atoms with E-state index < -0.39 is 24.0 Å². The summed E-state index contributed by atoms with van der Waals surface area (Å²) in [7, 11) is 0. The monoisotopic (exact) mass is 192 g/mol. The highest BCUT2D eigenvalue weighted by Gasteiger charge is 2.53. The molecule has 0 aromatic heterocycles. The second kappa shape index (κ2) is 3.24. The Hall–Kier alpha value is -1.10. The summed E-state index contributed by atoms with van der Waals surface area (Å²) in [6.07, 6.45) is -0.135. The molecule has 3 fully saturated rings. The summed E-state index contributed by atoms with van der Waals surface area (Å²) in [5.41, 5.74) is 0. The summed E-state index contributed by atoms with van der Waals surface area (Å²) in [6.45, 7) is 0. The van der Waals surface area contributed by atoms with Crippen LogP contribution in [0.1, 0.15) is 12.8 Å². The minimum absolute atomic E-state index is 0.218. The molecule has 3 aliphatic rings. The lowest BCUT2D eigenvalue weighted by Crippen LogP contribution is -2.56. The van der Waals surface area contributed by atoms with Crippen LogP contribution in [-0.2, 0) is 0 Å². The number of fused-ring (bicyclic) bond motifs is 3. The van der Waals surface area contributed by atoms with Gasteiger partial charge in [-0.1, -0.05) is 0 Å². The molecule has 3 rings (SSSR count). The fourth-order valence-corrected chi connectivity index (χ4v) is 2.90. The number of nitriles is 2. The van der Waals surface area contributed by atoms with E-state index in [9.17, 15) is 10.2 Å². The maximum absolute atomic E-state index is 9.67. The van der Waals surface area contributed by atoms with Crippen molar-refractivity contribution in [1.82, 2.24) is 0 Å². The molecule has 3 aliphatic carbocycles. The summed E-state index contributed by atoms with van der Waals surface area (Å²) in [5.74, 6) is -1.25. The lowest BCUT2D eigenvalue weighted by atomic mass is 9.57. The Morgan fingerprint density at radius 3 is 1.50 bits per heavy atom. The molecule has 0 amide bonds. The molecule has 74 valence electrons. The third-order valence-corrected chi connectivity index (χ3v) is 3.67. The lowest BCUT2D eigenvalue weighted by molar-refractivity contribution is -0.138. The highest BCUT2D eigenvalue weighted by molar-refractivity contribution is 5.14. The molecular formula is C10H12N2O2. The normalized spacial score (nSPS) is 50.9. The summed E-state index contributed by atoms with van der Waals surface area (Å²) in [6, 6.07) is 4.19. The zero-order valence-electron chi connectivity index (χ0n) is 7.67. The first-order chi connectivity index (χ1) is 6.70. The van der Waals surface area contributed by atoms with Crippen molar-refractivity contribution >= 4 is 0 Å². The Balaban J connectivity index is 2.33. The van der Waals surface area contributed by atoms with Gasteiger partial charge in [0.15, 0.2) is 0 Å². The largest absolute Gasteiger partial charge is 0.390 e. The average Bonchev–Trinajstić information content (AvgIpc) is 2.23. The number of rotatable bonds is 0. The van der Waals surface area contributed by atoms with Gasteiger partial charge in [-0.2, -0.15) is 10.5 Å². The lowest BCUT2D eigenvalue weighted by Gasteiger charge is -2.48. The van der Waals surface area contributed by atoms with Crippen molar-refractivity contribution in [2.24, 2.45) is 23.7 Å². The van der Waals surface area contributed by atoms with Gasteiger partial charge < -0.3 is 10.2 Å². The molecule has 2 N–H and O–H groups in total. The first-order valence-electron chi connectivity index (χ1n) is 4.86. The standard InChI is InChI=1S/C10H12N2O2/c11-3-7-5-1-2-6(8(7)4-12)10(14)9(5)13/h5-10,13-14H,1-2H2. The number of aliphatic hydroxyl groups excluding tert-OH is 2. The van der Waals surface area contributed by atoms with Crippen LogP contribution >= 0.6 is 0 Å². The van der Waals surface area contributed by atoms with Crippen LogP contribution in [0.4, 0.5) is 0 Å². The smallest absolute Gasteiger partial charge is 0.0843 e. The Kier molecular flexibility index (Phi) is 2.19. The summed E-state index contributed by atoms with van der Waals surface area (Å²) >= 11 is 0. The van der Waals surface area contributed by atoms with E-state index in [0.29, 0.717) is 0 Å². The van der Waals surface area contributed by atoms with Crippen molar-refractivity contribution in [2.45, 2.75) is 25.0 Å². The summed E-state index contributed by atoms with van der Waals surface area (Å²) in [4.78, 5) is 0.